The fraction of sp³-hybridized carbons (Fsp3) is 0.400. The van der Waals surface area contributed by atoms with Gasteiger partial charge in [0.25, 0.3) is 0 Å². The first kappa shape index (κ1) is 10.5. The molecule has 1 unspecified atom stereocenters. The standard InChI is InChI=1S/C10H14ClNO/c1-8(6-12)13-7-9-4-2-3-5-10(9)11/h2-5,8H,6-7,12H2,1H3. The number of rotatable bonds is 4. The largest absolute Gasteiger partial charge is 0.372 e. The third kappa shape index (κ3) is 3.35. The highest BCUT2D eigenvalue weighted by molar-refractivity contribution is 6.31. The Bertz CT molecular complexity index is 265. The van der Waals surface area contributed by atoms with Crippen molar-refractivity contribution in [2.24, 2.45) is 5.73 Å². The highest BCUT2D eigenvalue weighted by atomic mass is 35.5. The van der Waals surface area contributed by atoms with Gasteiger partial charge in [0.05, 0.1) is 12.7 Å². The summed E-state index contributed by atoms with van der Waals surface area (Å²) in [7, 11) is 0. The van der Waals surface area contributed by atoms with Gasteiger partial charge >= 0.3 is 0 Å². The van der Waals surface area contributed by atoms with Gasteiger partial charge in [-0.2, -0.15) is 0 Å². The molecule has 1 atom stereocenters. The van der Waals surface area contributed by atoms with Crippen molar-refractivity contribution < 1.29 is 4.74 Å². The molecule has 0 heterocycles. The van der Waals surface area contributed by atoms with Gasteiger partial charge in [-0.15, -0.1) is 0 Å². The normalized spacial score (nSPS) is 12.8. The summed E-state index contributed by atoms with van der Waals surface area (Å²) in [4.78, 5) is 0. The van der Waals surface area contributed by atoms with Gasteiger partial charge in [0.15, 0.2) is 0 Å². The Kier molecular flexibility index (Phi) is 4.22. The van der Waals surface area contributed by atoms with Crippen molar-refractivity contribution >= 4 is 11.6 Å². The lowest BCUT2D eigenvalue weighted by atomic mass is 10.2. The zero-order chi connectivity index (χ0) is 9.68. The summed E-state index contributed by atoms with van der Waals surface area (Å²) in [5.41, 5.74) is 6.42. The maximum Gasteiger partial charge on any atom is 0.0735 e. The summed E-state index contributed by atoms with van der Waals surface area (Å²) in [6.07, 6.45) is 0.0799. The van der Waals surface area contributed by atoms with Crippen LogP contribution in [0.1, 0.15) is 12.5 Å². The molecule has 0 amide bonds. The van der Waals surface area contributed by atoms with E-state index in [0.717, 1.165) is 10.6 Å². The van der Waals surface area contributed by atoms with Crippen LogP contribution in [0, 0.1) is 0 Å². The molecule has 13 heavy (non-hydrogen) atoms. The maximum atomic E-state index is 5.94. The number of hydrogen-bond acceptors (Lipinski definition) is 2. The molecule has 1 aromatic carbocycles. The molecule has 0 aliphatic heterocycles. The topological polar surface area (TPSA) is 35.2 Å². The van der Waals surface area contributed by atoms with Crippen molar-refractivity contribution in [2.75, 3.05) is 6.54 Å². The molecule has 0 fully saturated rings. The van der Waals surface area contributed by atoms with Gasteiger partial charge in [-0.3, -0.25) is 0 Å². The summed E-state index contributed by atoms with van der Waals surface area (Å²) in [5.74, 6) is 0. The van der Waals surface area contributed by atoms with Crippen molar-refractivity contribution in [1.82, 2.24) is 0 Å². The molecule has 72 valence electrons. The van der Waals surface area contributed by atoms with E-state index in [1.165, 1.54) is 0 Å². The van der Waals surface area contributed by atoms with Gasteiger partial charge in [-0.1, -0.05) is 29.8 Å². The molecule has 0 aliphatic carbocycles. The zero-order valence-electron chi connectivity index (χ0n) is 7.66. The SMILES string of the molecule is CC(CN)OCc1ccccc1Cl. The van der Waals surface area contributed by atoms with Crippen LogP contribution in [-0.2, 0) is 11.3 Å². The summed E-state index contributed by atoms with van der Waals surface area (Å²) in [5, 5.41) is 0.742. The molecule has 3 heteroatoms. The average molecular weight is 200 g/mol. The summed E-state index contributed by atoms with van der Waals surface area (Å²) in [6.45, 7) is 3.00. The summed E-state index contributed by atoms with van der Waals surface area (Å²) >= 11 is 5.94. The van der Waals surface area contributed by atoms with Crippen LogP contribution in [0.15, 0.2) is 24.3 Å². The fourth-order valence-electron chi connectivity index (χ4n) is 0.916. The van der Waals surface area contributed by atoms with E-state index in [1.54, 1.807) is 0 Å². The van der Waals surface area contributed by atoms with E-state index in [2.05, 4.69) is 0 Å². The molecular weight excluding hydrogens is 186 g/mol. The minimum atomic E-state index is 0.0799. The molecule has 0 saturated heterocycles. The first-order valence-corrected chi connectivity index (χ1v) is 4.67. The van der Waals surface area contributed by atoms with Gasteiger partial charge < -0.3 is 10.5 Å². The Morgan fingerprint density at radius 2 is 2.15 bits per heavy atom. The van der Waals surface area contributed by atoms with E-state index >= 15 is 0 Å². The van der Waals surface area contributed by atoms with E-state index in [0.29, 0.717) is 13.2 Å². The van der Waals surface area contributed by atoms with E-state index in [4.69, 9.17) is 22.1 Å². The Morgan fingerprint density at radius 1 is 1.46 bits per heavy atom. The van der Waals surface area contributed by atoms with Crippen LogP contribution in [0.25, 0.3) is 0 Å². The second-order valence-electron chi connectivity index (χ2n) is 2.95. The molecule has 0 bridgehead atoms. The zero-order valence-corrected chi connectivity index (χ0v) is 8.42. The van der Waals surface area contributed by atoms with E-state index < -0.39 is 0 Å². The van der Waals surface area contributed by atoms with Crippen LogP contribution in [-0.4, -0.2) is 12.6 Å². The smallest absolute Gasteiger partial charge is 0.0735 e. The second-order valence-corrected chi connectivity index (χ2v) is 3.36. The number of benzene rings is 1. The lowest BCUT2D eigenvalue weighted by molar-refractivity contribution is 0.0590. The third-order valence-electron chi connectivity index (χ3n) is 1.81. The van der Waals surface area contributed by atoms with Crippen molar-refractivity contribution in [3.8, 4) is 0 Å². The quantitative estimate of drug-likeness (QED) is 0.807. The minimum Gasteiger partial charge on any atom is -0.372 e. The van der Waals surface area contributed by atoms with Crippen molar-refractivity contribution in [3.05, 3.63) is 34.9 Å². The van der Waals surface area contributed by atoms with Gasteiger partial charge in [0.1, 0.15) is 0 Å². The molecule has 1 aromatic rings. The molecule has 2 nitrogen and oxygen atoms in total. The van der Waals surface area contributed by atoms with Gasteiger partial charge in [-0.25, -0.2) is 0 Å². The molecule has 0 saturated carbocycles. The second kappa shape index (κ2) is 5.22. The molecule has 1 rings (SSSR count). The number of hydrogen-bond donors (Lipinski definition) is 1. The Labute approximate surface area is 83.6 Å². The summed E-state index contributed by atoms with van der Waals surface area (Å²) in [6, 6.07) is 7.65. The lowest BCUT2D eigenvalue weighted by Crippen LogP contribution is -2.19. The predicted octanol–water partition coefficient (Wildman–Crippen LogP) is 2.20. The van der Waals surface area contributed by atoms with Gasteiger partial charge in [-0.05, 0) is 18.6 Å². The van der Waals surface area contributed by atoms with Crippen LogP contribution in [0.5, 0.6) is 0 Å². The monoisotopic (exact) mass is 199 g/mol. The molecule has 0 aromatic heterocycles. The van der Waals surface area contributed by atoms with Crippen LogP contribution >= 0.6 is 11.6 Å². The Hall–Kier alpha value is -0.570. The Morgan fingerprint density at radius 3 is 2.77 bits per heavy atom. The highest BCUT2D eigenvalue weighted by Gasteiger charge is 2.02. The van der Waals surface area contributed by atoms with Crippen LogP contribution < -0.4 is 5.73 Å². The Balaban J connectivity index is 2.50. The third-order valence-corrected chi connectivity index (χ3v) is 2.18. The molecule has 2 N–H and O–H groups in total. The highest BCUT2D eigenvalue weighted by Crippen LogP contribution is 2.16. The maximum absolute atomic E-state index is 5.94. The number of ether oxygens (including phenoxy) is 1. The van der Waals surface area contributed by atoms with Crippen LogP contribution in [0.4, 0.5) is 0 Å². The first-order valence-electron chi connectivity index (χ1n) is 4.29. The molecular formula is C10H14ClNO. The van der Waals surface area contributed by atoms with Crippen LogP contribution in [0.3, 0.4) is 0 Å². The van der Waals surface area contributed by atoms with Crippen molar-refractivity contribution in [2.45, 2.75) is 19.6 Å². The minimum absolute atomic E-state index is 0.0799. The van der Waals surface area contributed by atoms with Crippen LogP contribution in [0.2, 0.25) is 5.02 Å². The van der Waals surface area contributed by atoms with E-state index in [9.17, 15) is 0 Å². The molecule has 0 spiro atoms. The molecule has 0 aliphatic rings. The predicted molar refractivity (Wildman–Crippen MR) is 54.8 cm³/mol. The summed E-state index contributed by atoms with van der Waals surface area (Å²) < 4.78 is 5.45. The molecule has 0 radical (unpaired) electrons. The van der Waals surface area contributed by atoms with Crippen molar-refractivity contribution in [1.29, 1.82) is 0 Å². The lowest BCUT2D eigenvalue weighted by Gasteiger charge is -2.10. The van der Waals surface area contributed by atoms with Crippen molar-refractivity contribution in [3.63, 3.8) is 0 Å². The fourth-order valence-corrected chi connectivity index (χ4v) is 1.11. The first-order chi connectivity index (χ1) is 6.24. The van der Waals surface area contributed by atoms with Gasteiger partial charge in [0.2, 0.25) is 0 Å². The average Bonchev–Trinajstić information content (AvgIpc) is 2.16. The van der Waals surface area contributed by atoms with E-state index in [-0.39, 0.29) is 6.10 Å². The number of halogens is 1. The van der Waals surface area contributed by atoms with Gasteiger partial charge in [0, 0.05) is 11.6 Å². The number of nitrogens with two attached hydrogens (primary N) is 1. The van der Waals surface area contributed by atoms with E-state index in [1.807, 2.05) is 31.2 Å².